The van der Waals surface area contributed by atoms with Gasteiger partial charge in [-0.05, 0) is 63.0 Å². The number of hydrogen-bond donors (Lipinski definition) is 2. The summed E-state index contributed by atoms with van der Waals surface area (Å²) in [4.78, 5) is 15.4. The molecule has 0 aromatic heterocycles. The van der Waals surface area contributed by atoms with Crippen molar-refractivity contribution >= 4 is 33.4 Å². The van der Waals surface area contributed by atoms with Crippen LogP contribution in [0.5, 0.6) is 0 Å². The van der Waals surface area contributed by atoms with Gasteiger partial charge in [0.05, 0.1) is 10.6 Å². The number of benzene rings is 1. The maximum absolute atomic E-state index is 12.6. The van der Waals surface area contributed by atoms with Crippen molar-refractivity contribution in [2.24, 2.45) is 5.92 Å². The third-order valence-electron chi connectivity index (χ3n) is 5.16. The minimum Gasteiger partial charge on any atom is -0.325 e. The van der Waals surface area contributed by atoms with E-state index in [-0.39, 0.29) is 16.1 Å². The smallest absolute Gasteiger partial charge is 0.240 e. The van der Waals surface area contributed by atoms with Crippen molar-refractivity contribution in [1.82, 2.24) is 9.62 Å². The van der Waals surface area contributed by atoms with Crippen molar-refractivity contribution in [3.05, 3.63) is 18.2 Å². The number of sulfonamides is 1. The number of likely N-dealkylation sites (tertiary alicyclic amines) is 1. The van der Waals surface area contributed by atoms with Gasteiger partial charge < -0.3 is 10.2 Å². The molecule has 2 heterocycles. The number of rotatable bonds is 6. The van der Waals surface area contributed by atoms with Crippen LogP contribution in [0.3, 0.4) is 0 Å². The van der Waals surface area contributed by atoms with Crippen LogP contribution < -0.4 is 10.0 Å². The van der Waals surface area contributed by atoms with E-state index in [0.717, 1.165) is 36.9 Å². The fraction of sp³-hybridized carbons (Fsp3) is 0.632. The number of nitrogens with zero attached hydrogens (tertiary/aromatic N) is 1. The van der Waals surface area contributed by atoms with Crippen molar-refractivity contribution < 1.29 is 13.2 Å². The topological polar surface area (TPSA) is 78.5 Å². The number of carbonyl (C=O) groups excluding carboxylic acids is 1. The Morgan fingerprint density at radius 2 is 2.00 bits per heavy atom. The zero-order valence-corrected chi connectivity index (χ0v) is 17.7. The second-order valence-corrected chi connectivity index (χ2v) is 10.9. The fourth-order valence-electron chi connectivity index (χ4n) is 3.48. The molecule has 0 radical (unpaired) electrons. The van der Waals surface area contributed by atoms with Gasteiger partial charge in [-0.2, -0.15) is 0 Å². The zero-order valence-electron chi connectivity index (χ0n) is 16.0. The van der Waals surface area contributed by atoms with E-state index in [9.17, 15) is 13.2 Å². The van der Waals surface area contributed by atoms with Gasteiger partial charge in [-0.1, -0.05) is 13.8 Å². The van der Waals surface area contributed by atoms with Crippen LogP contribution in [0.2, 0.25) is 0 Å². The number of nitrogens with one attached hydrogen (secondary N) is 2. The minimum absolute atomic E-state index is 0.0768. The molecule has 0 aliphatic carbocycles. The highest BCUT2D eigenvalue weighted by atomic mass is 32.2. The van der Waals surface area contributed by atoms with Crippen molar-refractivity contribution in [3.8, 4) is 0 Å². The van der Waals surface area contributed by atoms with E-state index in [1.807, 2.05) is 6.92 Å². The largest absolute Gasteiger partial charge is 0.325 e. The van der Waals surface area contributed by atoms with E-state index in [0.29, 0.717) is 18.7 Å². The number of thioether (sulfide) groups is 1. The summed E-state index contributed by atoms with van der Waals surface area (Å²) in [7, 11) is -3.58. The van der Waals surface area contributed by atoms with Crippen molar-refractivity contribution in [3.63, 3.8) is 0 Å². The second-order valence-electron chi connectivity index (χ2n) is 7.61. The average molecular weight is 412 g/mol. The predicted molar refractivity (Wildman–Crippen MR) is 110 cm³/mol. The Bertz CT molecular complexity index is 774. The number of anilines is 1. The van der Waals surface area contributed by atoms with Crippen molar-refractivity contribution in [2.75, 3.05) is 31.5 Å². The number of amides is 1. The summed E-state index contributed by atoms with van der Waals surface area (Å²) in [6, 6.07) is 4.96. The molecule has 2 aliphatic rings. The van der Waals surface area contributed by atoms with Gasteiger partial charge >= 0.3 is 0 Å². The highest BCUT2D eigenvalue weighted by Gasteiger charge is 2.22. The highest BCUT2D eigenvalue weighted by molar-refractivity contribution is 8.00. The monoisotopic (exact) mass is 411 g/mol. The summed E-state index contributed by atoms with van der Waals surface area (Å²) < 4.78 is 27.9. The molecule has 0 spiro atoms. The van der Waals surface area contributed by atoms with Crippen LogP contribution >= 0.6 is 11.8 Å². The fourth-order valence-corrected chi connectivity index (χ4v) is 5.63. The third-order valence-corrected chi connectivity index (χ3v) is 7.79. The lowest BCUT2D eigenvalue weighted by Gasteiger charge is -2.30. The molecule has 0 saturated carbocycles. The summed E-state index contributed by atoms with van der Waals surface area (Å²) in [5, 5.41) is 2.99. The predicted octanol–water partition coefficient (Wildman–Crippen LogP) is 2.91. The van der Waals surface area contributed by atoms with E-state index in [1.165, 1.54) is 12.8 Å². The molecule has 0 unspecified atom stereocenters. The Morgan fingerprint density at radius 3 is 2.74 bits per heavy atom. The average Bonchev–Trinajstić information content (AvgIpc) is 2.75. The quantitative estimate of drug-likeness (QED) is 0.704. The summed E-state index contributed by atoms with van der Waals surface area (Å²) in [6.45, 7) is 7.83. The van der Waals surface area contributed by atoms with Gasteiger partial charge in [0.1, 0.15) is 0 Å². The molecule has 1 atom stereocenters. The lowest BCUT2D eigenvalue weighted by molar-refractivity contribution is -0.116. The normalized spacial score (nSPS) is 22.1. The zero-order chi connectivity index (χ0) is 19.4. The molecule has 1 aromatic carbocycles. The Balaban J connectivity index is 1.56. The van der Waals surface area contributed by atoms with E-state index in [1.54, 1.807) is 30.0 Å². The van der Waals surface area contributed by atoms with E-state index >= 15 is 0 Å². The lowest BCUT2D eigenvalue weighted by Crippen LogP contribution is -2.35. The van der Waals surface area contributed by atoms with Gasteiger partial charge in [0.15, 0.2) is 0 Å². The second kappa shape index (κ2) is 8.94. The summed E-state index contributed by atoms with van der Waals surface area (Å²) >= 11 is 1.59. The van der Waals surface area contributed by atoms with Crippen molar-refractivity contribution in [2.45, 2.75) is 54.6 Å². The van der Waals surface area contributed by atoms with Crippen LogP contribution in [0.15, 0.2) is 28.0 Å². The molecule has 27 heavy (non-hydrogen) atoms. The molecule has 0 bridgehead atoms. The van der Waals surface area contributed by atoms with E-state index in [2.05, 4.69) is 21.9 Å². The summed E-state index contributed by atoms with van der Waals surface area (Å²) in [5.41, 5.74) is 0.583. The number of carbonyl (C=O) groups is 1. The van der Waals surface area contributed by atoms with Crippen LogP contribution in [0.1, 0.15) is 39.5 Å². The minimum atomic E-state index is -3.58. The number of hydrogen-bond acceptors (Lipinski definition) is 5. The molecular weight excluding hydrogens is 382 g/mol. The molecule has 3 rings (SSSR count). The molecule has 1 aromatic rings. The van der Waals surface area contributed by atoms with Gasteiger partial charge in [0.2, 0.25) is 15.9 Å². The van der Waals surface area contributed by atoms with Crippen LogP contribution in [0.4, 0.5) is 5.69 Å². The first-order valence-electron chi connectivity index (χ1n) is 9.66. The molecule has 150 valence electrons. The van der Waals surface area contributed by atoms with Gasteiger partial charge in [-0.25, -0.2) is 13.1 Å². The highest BCUT2D eigenvalue weighted by Crippen LogP contribution is 2.36. The van der Waals surface area contributed by atoms with Crippen LogP contribution in [-0.2, 0) is 14.8 Å². The molecule has 8 heteroatoms. The Hall–Kier alpha value is -1.09. The summed E-state index contributed by atoms with van der Waals surface area (Å²) in [5.74, 6) is 0.724. The van der Waals surface area contributed by atoms with E-state index in [4.69, 9.17) is 0 Å². The van der Waals surface area contributed by atoms with E-state index < -0.39 is 10.0 Å². The SMILES string of the molecule is CC1CCN(CCCNS(=O)(=O)c2ccc3c(c2)NC(=O)C[C@@H](C)S3)CC1. The molecule has 6 nitrogen and oxygen atoms in total. The first-order chi connectivity index (χ1) is 12.8. The molecular formula is C19H29N3O3S2. The van der Waals surface area contributed by atoms with Gasteiger partial charge in [-0.15, -0.1) is 11.8 Å². The van der Waals surface area contributed by atoms with Gasteiger partial charge in [0, 0.05) is 23.1 Å². The maximum Gasteiger partial charge on any atom is 0.240 e. The van der Waals surface area contributed by atoms with Gasteiger partial charge in [0.25, 0.3) is 0 Å². The lowest BCUT2D eigenvalue weighted by atomic mass is 9.99. The molecule has 1 saturated heterocycles. The standard InChI is InChI=1S/C19H29N3O3S2/c1-14-6-10-22(11-7-14)9-3-8-20-27(24,25)16-4-5-18-17(13-16)21-19(23)12-15(2)26-18/h4-5,13-15,20H,3,6-12H2,1-2H3,(H,21,23)/t15-/m1/s1. The Kier molecular flexibility index (Phi) is 6.83. The molecule has 2 aliphatic heterocycles. The number of fused-ring (bicyclic) bond motifs is 1. The van der Waals surface area contributed by atoms with Gasteiger partial charge in [-0.3, -0.25) is 4.79 Å². The molecule has 2 N–H and O–H groups in total. The first-order valence-corrected chi connectivity index (χ1v) is 12.0. The third kappa shape index (κ3) is 5.70. The Labute approximate surface area is 166 Å². The van der Waals surface area contributed by atoms with Crippen molar-refractivity contribution in [1.29, 1.82) is 0 Å². The van der Waals surface area contributed by atoms with Crippen LogP contribution in [-0.4, -0.2) is 50.7 Å². The first kappa shape index (κ1) is 20.6. The van der Waals surface area contributed by atoms with Crippen LogP contribution in [0, 0.1) is 5.92 Å². The van der Waals surface area contributed by atoms with Crippen LogP contribution in [0.25, 0.3) is 0 Å². The summed E-state index contributed by atoms with van der Waals surface area (Å²) in [6.07, 6.45) is 3.67. The maximum atomic E-state index is 12.6. The molecule has 1 fully saturated rings. The number of piperidine rings is 1. The Morgan fingerprint density at radius 1 is 1.26 bits per heavy atom. The molecule has 1 amide bonds.